The number of carbonyl (C=O) groups excluding carboxylic acids is 2. The van der Waals surface area contributed by atoms with Crippen molar-refractivity contribution in [1.82, 2.24) is 14.9 Å². The molecule has 2 aromatic carbocycles. The molecule has 10 nitrogen and oxygen atoms in total. The number of anilines is 2. The molecule has 1 aliphatic rings. The molecule has 0 spiro atoms. The van der Waals surface area contributed by atoms with E-state index < -0.39 is 12.7 Å². The number of piperazine rings is 1. The highest BCUT2D eigenvalue weighted by Crippen LogP contribution is 2.33. The van der Waals surface area contributed by atoms with E-state index in [1.54, 1.807) is 28.4 Å². The first-order chi connectivity index (χ1) is 20.5. The van der Waals surface area contributed by atoms with E-state index in [1.165, 1.54) is 4.88 Å². The summed E-state index contributed by atoms with van der Waals surface area (Å²) in [6.45, 7) is 4.05. The number of amides is 2. The number of thiophene rings is 1. The largest absolute Gasteiger partial charge is 0.461 e. The predicted molar refractivity (Wildman–Crippen MR) is 163 cm³/mol. The fraction of sp³-hybridized carbons (Fsp3) is 0.355. The zero-order chi connectivity index (χ0) is 29.5. The monoisotopic (exact) mass is 589 g/mol. The van der Waals surface area contributed by atoms with Crippen molar-refractivity contribution in [2.24, 2.45) is 0 Å². The number of benzene rings is 2. The Balaban J connectivity index is 1.25. The lowest BCUT2D eigenvalue weighted by atomic mass is 10.1. The smallest absolute Gasteiger partial charge is 0.319 e. The zero-order valence-corrected chi connectivity index (χ0v) is 24.4. The molecule has 2 aromatic heterocycles. The number of aromatic nitrogens is 2. The molecule has 3 heterocycles. The van der Waals surface area contributed by atoms with Gasteiger partial charge in [-0.05, 0) is 36.8 Å². The standard InChI is InChI=1S/C31H35N5O5S/c1-2-25-19-26-28(32-31(33-29(26)42-25)41-21-24(38)20-37)35-17-15-34(16-18-35)27(39)13-14-36(23-11-7-4-8-12-23)30(40)22-9-5-3-6-10-22/h3-12,19,24,37-38H,2,13-18,20-21H2,1H3. The Morgan fingerprint density at radius 2 is 1.71 bits per heavy atom. The Hall–Kier alpha value is -4.06. The van der Waals surface area contributed by atoms with Crippen LogP contribution in [-0.4, -0.2) is 88.9 Å². The Labute approximate surface area is 248 Å². The molecule has 2 amide bonds. The summed E-state index contributed by atoms with van der Waals surface area (Å²) < 4.78 is 5.59. The van der Waals surface area contributed by atoms with Crippen LogP contribution in [-0.2, 0) is 11.2 Å². The van der Waals surface area contributed by atoms with Crippen LogP contribution < -0.4 is 14.5 Å². The van der Waals surface area contributed by atoms with E-state index in [4.69, 9.17) is 9.84 Å². The van der Waals surface area contributed by atoms with Gasteiger partial charge in [0.25, 0.3) is 5.91 Å². The maximum absolute atomic E-state index is 13.3. The highest BCUT2D eigenvalue weighted by molar-refractivity contribution is 7.18. The van der Waals surface area contributed by atoms with Gasteiger partial charge in [0.1, 0.15) is 23.4 Å². The van der Waals surface area contributed by atoms with E-state index >= 15 is 0 Å². The number of aliphatic hydroxyl groups is 2. The second-order valence-corrected chi connectivity index (χ2v) is 11.2. The lowest BCUT2D eigenvalue weighted by molar-refractivity contribution is -0.131. The Morgan fingerprint density at radius 1 is 1.02 bits per heavy atom. The van der Waals surface area contributed by atoms with Gasteiger partial charge < -0.3 is 29.6 Å². The van der Waals surface area contributed by atoms with Crippen molar-refractivity contribution in [3.8, 4) is 6.01 Å². The maximum atomic E-state index is 13.3. The number of aliphatic hydroxyl groups excluding tert-OH is 2. The van der Waals surface area contributed by atoms with Gasteiger partial charge >= 0.3 is 6.01 Å². The fourth-order valence-electron chi connectivity index (χ4n) is 4.87. The zero-order valence-electron chi connectivity index (χ0n) is 23.6. The van der Waals surface area contributed by atoms with Gasteiger partial charge in [-0.25, -0.2) is 0 Å². The van der Waals surface area contributed by atoms with E-state index in [2.05, 4.69) is 27.9 Å². The number of rotatable bonds is 11. The quantitative estimate of drug-likeness (QED) is 0.273. The topological polar surface area (TPSA) is 119 Å². The highest BCUT2D eigenvalue weighted by atomic mass is 32.1. The number of carbonyl (C=O) groups is 2. The molecule has 1 atom stereocenters. The molecular weight excluding hydrogens is 554 g/mol. The molecule has 1 saturated heterocycles. The lowest BCUT2D eigenvalue weighted by Crippen LogP contribution is -2.49. The van der Waals surface area contributed by atoms with Gasteiger partial charge in [-0.3, -0.25) is 9.59 Å². The average molecular weight is 590 g/mol. The SMILES string of the molecule is CCc1cc2c(N3CCN(C(=O)CCN(C(=O)c4ccccc4)c4ccccc4)CC3)nc(OCC(O)CO)nc2s1. The van der Waals surface area contributed by atoms with E-state index in [0.29, 0.717) is 31.7 Å². The van der Waals surface area contributed by atoms with Crippen molar-refractivity contribution in [3.05, 3.63) is 77.2 Å². The molecular formula is C31H35N5O5S. The summed E-state index contributed by atoms with van der Waals surface area (Å²) >= 11 is 1.58. The summed E-state index contributed by atoms with van der Waals surface area (Å²) in [5, 5.41) is 19.8. The Morgan fingerprint density at radius 3 is 2.38 bits per heavy atom. The van der Waals surface area contributed by atoms with Crippen LogP contribution in [0.4, 0.5) is 11.5 Å². The van der Waals surface area contributed by atoms with Crippen molar-refractivity contribution in [3.63, 3.8) is 0 Å². The second kappa shape index (κ2) is 13.7. The lowest BCUT2D eigenvalue weighted by Gasteiger charge is -2.36. The normalized spacial score (nSPS) is 14.2. The molecule has 0 aliphatic carbocycles. The first-order valence-corrected chi connectivity index (χ1v) is 14.9. The number of aryl methyl sites for hydroxylation is 1. The summed E-state index contributed by atoms with van der Waals surface area (Å²) in [4.78, 5) is 43.4. The van der Waals surface area contributed by atoms with Gasteiger partial charge in [0.15, 0.2) is 0 Å². The molecule has 4 aromatic rings. The summed E-state index contributed by atoms with van der Waals surface area (Å²) in [5.41, 5.74) is 1.33. The van der Waals surface area contributed by atoms with E-state index in [0.717, 1.165) is 28.1 Å². The summed E-state index contributed by atoms with van der Waals surface area (Å²) in [5.74, 6) is 0.592. The van der Waals surface area contributed by atoms with Crippen molar-refractivity contribution in [1.29, 1.82) is 0 Å². The number of hydrogen-bond donors (Lipinski definition) is 2. The second-order valence-electron chi connectivity index (χ2n) is 10.0. The van der Waals surface area contributed by atoms with E-state index in [1.807, 2.05) is 53.4 Å². The van der Waals surface area contributed by atoms with E-state index in [9.17, 15) is 14.7 Å². The predicted octanol–water partition coefficient (Wildman–Crippen LogP) is 3.37. The van der Waals surface area contributed by atoms with Crippen molar-refractivity contribution < 1.29 is 24.5 Å². The molecule has 0 radical (unpaired) electrons. The van der Waals surface area contributed by atoms with Crippen molar-refractivity contribution in [2.45, 2.75) is 25.9 Å². The van der Waals surface area contributed by atoms with Crippen LogP contribution in [0.5, 0.6) is 6.01 Å². The van der Waals surface area contributed by atoms with Crippen LogP contribution in [0.3, 0.4) is 0 Å². The van der Waals surface area contributed by atoms with Crippen molar-refractivity contribution >= 4 is 44.9 Å². The van der Waals surface area contributed by atoms with Gasteiger partial charge in [0.05, 0.1) is 12.0 Å². The minimum atomic E-state index is -1.02. The van der Waals surface area contributed by atoms with Crippen LogP contribution in [0.2, 0.25) is 0 Å². The minimum absolute atomic E-state index is 0.00454. The third-order valence-corrected chi connectivity index (χ3v) is 8.36. The number of fused-ring (bicyclic) bond motifs is 1. The number of hydrogen-bond acceptors (Lipinski definition) is 9. The molecule has 5 rings (SSSR count). The molecule has 2 N–H and O–H groups in total. The third kappa shape index (κ3) is 6.87. The van der Waals surface area contributed by atoms with Crippen LogP contribution in [0, 0.1) is 0 Å². The van der Waals surface area contributed by atoms with Crippen LogP contribution in [0.1, 0.15) is 28.6 Å². The van der Waals surface area contributed by atoms with Crippen LogP contribution in [0.15, 0.2) is 66.7 Å². The fourth-order valence-corrected chi connectivity index (χ4v) is 5.82. The number of para-hydroxylation sites is 1. The van der Waals surface area contributed by atoms with Gasteiger partial charge in [0, 0.05) is 55.3 Å². The Bertz CT molecular complexity index is 1490. The maximum Gasteiger partial charge on any atom is 0.319 e. The average Bonchev–Trinajstić information content (AvgIpc) is 3.47. The van der Waals surface area contributed by atoms with Crippen molar-refractivity contribution in [2.75, 3.05) is 55.7 Å². The molecule has 0 bridgehead atoms. The molecule has 1 aliphatic heterocycles. The van der Waals surface area contributed by atoms with E-state index in [-0.39, 0.29) is 37.4 Å². The molecule has 1 unspecified atom stereocenters. The number of nitrogens with zero attached hydrogens (tertiary/aromatic N) is 5. The number of ether oxygens (including phenoxy) is 1. The van der Waals surface area contributed by atoms with Gasteiger partial charge in [-0.2, -0.15) is 9.97 Å². The first-order valence-electron chi connectivity index (χ1n) is 14.1. The molecule has 0 saturated carbocycles. The van der Waals surface area contributed by atoms with Gasteiger partial charge in [-0.15, -0.1) is 11.3 Å². The molecule has 42 heavy (non-hydrogen) atoms. The third-order valence-electron chi connectivity index (χ3n) is 7.18. The summed E-state index contributed by atoms with van der Waals surface area (Å²) in [6.07, 6.45) is 0.0630. The van der Waals surface area contributed by atoms with Crippen LogP contribution in [0.25, 0.3) is 10.2 Å². The molecule has 1 fully saturated rings. The Kier molecular flexibility index (Phi) is 9.63. The van der Waals surface area contributed by atoms with Gasteiger partial charge in [-0.1, -0.05) is 43.3 Å². The van der Waals surface area contributed by atoms with Crippen LogP contribution >= 0.6 is 11.3 Å². The van der Waals surface area contributed by atoms with Gasteiger partial charge in [0.2, 0.25) is 5.91 Å². The molecule has 220 valence electrons. The molecule has 11 heteroatoms. The first kappa shape index (κ1) is 29.4. The highest BCUT2D eigenvalue weighted by Gasteiger charge is 2.26. The minimum Gasteiger partial charge on any atom is -0.461 e. The summed E-state index contributed by atoms with van der Waals surface area (Å²) in [6, 6.07) is 20.8. The summed E-state index contributed by atoms with van der Waals surface area (Å²) in [7, 11) is 0.